The van der Waals surface area contributed by atoms with E-state index in [2.05, 4.69) is 101 Å². The van der Waals surface area contributed by atoms with E-state index in [1.807, 2.05) is 24.8 Å². The predicted molar refractivity (Wildman–Crippen MR) is 165 cm³/mol. The maximum Gasteiger partial charge on any atom is 2.00 e. The maximum absolute atomic E-state index is 4.58. The van der Waals surface area contributed by atoms with Gasteiger partial charge in [0.2, 0.25) is 0 Å². The van der Waals surface area contributed by atoms with Crippen LogP contribution in [0.3, 0.4) is 0 Å². The van der Waals surface area contributed by atoms with Crippen molar-refractivity contribution < 1.29 is 27.4 Å². The van der Waals surface area contributed by atoms with E-state index in [9.17, 15) is 0 Å². The largest absolute Gasteiger partial charge is 2.00 e. The van der Waals surface area contributed by atoms with Gasteiger partial charge in [0, 0.05) is 0 Å². The number of allylic oxidation sites excluding steroid dienone is 4. The second-order valence-electron chi connectivity index (χ2n) is 9.98. The van der Waals surface area contributed by atoms with Gasteiger partial charge in [-0.05, 0) is 98.6 Å². The average Bonchev–Trinajstić information content (AvgIpc) is 2.88. The molecule has 0 unspecified atom stereocenters. The Bertz CT molecular complexity index is 1460. The molecule has 0 aromatic heterocycles. The first-order valence-electron chi connectivity index (χ1n) is 12.4. The Morgan fingerprint density at radius 1 is 0.359 bits per heavy atom. The molecule has 2 aromatic rings. The van der Waals surface area contributed by atoms with Crippen LogP contribution in [0.1, 0.15) is 55.4 Å². The third-order valence-corrected chi connectivity index (χ3v) is 7.83. The monoisotopic (exact) mass is 568 g/mol. The SMILES string of the molecule is CC1=C[N-]c2c3c(ccc2=C1C)=C(C)C(C)=C[N-]3.CC1=C[N-]c2c3c(ccc2=C1C)=C(C)C(C)=C[N-]3.[Ni+2].[OH3+].[OH3+]. The number of hydrogen-bond donors (Lipinski definition) is 0. The first-order valence-corrected chi connectivity index (χ1v) is 12.4. The quantitative estimate of drug-likeness (QED) is 0.277. The van der Waals surface area contributed by atoms with Gasteiger partial charge in [-0.1, -0.05) is 46.6 Å². The van der Waals surface area contributed by atoms with Gasteiger partial charge in [0.25, 0.3) is 0 Å². The zero-order chi connectivity index (χ0) is 25.7. The first-order chi connectivity index (χ1) is 17.2. The van der Waals surface area contributed by atoms with Crippen molar-refractivity contribution >= 4 is 45.0 Å². The summed E-state index contributed by atoms with van der Waals surface area (Å²) < 4.78 is 0. The summed E-state index contributed by atoms with van der Waals surface area (Å²) in [6, 6.07) is 8.67. The zero-order valence-electron chi connectivity index (χ0n) is 23.9. The number of benzene rings is 2. The number of nitrogens with zero attached hydrogens (tertiary/aromatic N) is 4. The molecule has 0 saturated carbocycles. The standard InChI is InChI=1S/2C16H16N2.Ni.2H2O/c2*1-9-7-17-15-13(11(9)3)5-6-14-12(4)10(2)8-18-16(14)15;;;/h2*5-8H,1-4H3;;2*1H2/q2*-2;+2;;/p+2. The van der Waals surface area contributed by atoms with Crippen LogP contribution in [0.15, 0.2) is 71.4 Å². The van der Waals surface area contributed by atoms with Crippen LogP contribution in [0.4, 0.5) is 22.7 Å². The van der Waals surface area contributed by atoms with Gasteiger partial charge in [-0.25, -0.2) is 0 Å². The molecule has 0 radical (unpaired) electrons. The topological polar surface area (TPSA) is 122 Å². The van der Waals surface area contributed by atoms with Crippen molar-refractivity contribution in [1.82, 2.24) is 0 Å². The van der Waals surface area contributed by atoms with E-state index in [4.69, 9.17) is 0 Å². The summed E-state index contributed by atoms with van der Waals surface area (Å²) in [5.41, 5.74) is 14.1. The van der Waals surface area contributed by atoms with Crippen molar-refractivity contribution in [2.45, 2.75) is 55.4 Å². The van der Waals surface area contributed by atoms with Crippen LogP contribution in [0.25, 0.3) is 43.6 Å². The van der Waals surface area contributed by atoms with Crippen molar-refractivity contribution in [1.29, 1.82) is 0 Å². The van der Waals surface area contributed by atoms with Crippen LogP contribution in [-0.4, -0.2) is 0 Å². The Hall–Kier alpha value is -3.51. The Kier molecular flexibility index (Phi) is 9.86. The summed E-state index contributed by atoms with van der Waals surface area (Å²) in [5, 5.41) is 23.1. The molecule has 6 N–H and O–H groups in total. The van der Waals surface area contributed by atoms with Gasteiger partial charge in [-0.3, -0.25) is 0 Å². The van der Waals surface area contributed by atoms with E-state index in [1.165, 1.54) is 65.5 Å². The molecule has 0 aliphatic carbocycles. The molecule has 0 bridgehead atoms. The van der Waals surface area contributed by atoms with Crippen LogP contribution in [0.5, 0.6) is 0 Å². The van der Waals surface area contributed by atoms with Crippen LogP contribution < -0.4 is 20.9 Å². The maximum atomic E-state index is 4.58. The van der Waals surface area contributed by atoms with E-state index >= 15 is 0 Å². The molecular weight excluding hydrogens is 531 g/mol. The predicted octanol–water partition coefficient (Wildman–Crippen LogP) is 5.90. The van der Waals surface area contributed by atoms with Gasteiger partial charge in [0.1, 0.15) is 0 Å². The molecule has 39 heavy (non-hydrogen) atoms. The van der Waals surface area contributed by atoms with Crippen molar-refractivity contribution in [3.8, 4) is 0 Å². The van der Waals surface area contributed by atoms with Gasteiger partial charge in [-0.2, -0.15) is 24.8 Å². The summed E-state index contributed by atoms with van der Waals surface area (Å²) in [5.74, 6) is 0. The number of rotatable bonds is 0. The molecule has 4 aliphatic heterocycles. The fraction of sp³-hybridized carbons (Fsp3) is 0.250. The Morgan fingerprint density at radius 3 is 0.718 bits per heavy atom. The third-order valence-electron chi connectivity index (χ3n) is 7.83. The minimum absolute atomic E-state index is 0. The molecule has 0 amide bonds. The number of fused-ring (bicyclic) bond motifs is 6. The second kappa shape index (κ2) is 12.1. The molecule has 2 aromatic carbocycles. The van der Waals surface area contributed by atoms with E-state index in [0.29, 0.717) is 0 Å². The van der Waals surface area contributed by atoms with Crippen LogP contribution in [-0.2, 0) is 27.4 Å². The molecule has 4 heterocycles. The van der Waals surface area contributed by atoms with Gasteiger partial charge < -0.3 is 32.2 Å². The molecular formula is C32H38N4NiO2. The molecule has 0 spiro atoms. The Morgan fingerprint density at radius 2 is 0.538 bits per heavy atom. The van der Waals surface area contributed by atoms with Crippen LogP contribution >= 0.6 is 0 Å². The van der Waals surface area contributed by atoms with Gasteiger partial charge in [0.05, 0.1) is 0 Å². The minimum atomic E-state index is 0. The Labute approximate surface area is 240 Å². The van der Waals surface area contributed by atoms with Gasteiger partial charge in [0.15, 0.2) is 0 Å². The summed E-state index contributed by atoms with van der Waals surface area (Å²) >= 11 is 0. The Balaban J connectivity index is 0.000000254. The van der Waals surface area contributed by atoms with Gasteiger partial charge >= 0.3 is 16.5 Å². The smallest absolute Gasteiger partial charge is 0.664 e. The van der Waals surface area contributed by atoms with Gasteiger partial charge in [-0.15, -0.1) is 22.7 Å². The fourth-order valence-electron chi connectivity index (χ4n) is 4.77. The molecule has 6 nitrogen and oxygen atoms in total. The third kappa shape index (κ3) is 5.35. The van der Waals surface area contributed by atoms with Crippen molar-refractivity contribution in [2.75, 3.05) is 0 Å². The molecule has 0 fully saturated rings. The van der Waals surface area contributed by atoms with Crippen LogP contribution in [0, 0.1) is 0 Å². The van der Waals surface area contributed by atoms with E-state index in [0.717, 1.165) is 22.7 Å². The summed E-state index contributed by atoms with van der Waals surface area (Å²) in [4.78, 5) is 0. The first kappa shape index (κ1) is 31.7. The van der Waals surface area contributed by atoms with Crippen molar-refractivity contribution in [3.63, 3.8) is 0 Å². The molecule has 208 valence electrons. The summed E-state index contributed by atoms with van der Waals surface area (Å²) in [7, 11) is 0. The number of hydrogen-bond acceptors (Lipinski definition) is 0. The average molecular weight is 569 g/mol. The zero-order valence-corrected chi connectivity index (χ0v) is 24.9. The van der Waals surface area contributed by atoms with E-state index in [-0.39, 0.29) is 27.4 Å². The second-order valence-corrected chi connectivity index (χ2v) is 9.98. The molecule has 7 heteroatoms. The molecule has 6 rings (SSSR count). The molecule has 0 saturated heterocycles. The molecule has 0 atom stereocenters. The van der Waals surface area contributed by atoms with Crippen LogP contribution in [0.2, 0.25) is 0 Å². The van der Waals surface area contributed by atoms with Crippen molar-refractivity contribution in [3.05, 3.63) is 113 Å². The van der Waals surface area contributed by atoms with E-state index < -0.39 is 0 Å². The molecule has 4 aliphatic rings. The summed E-state index contributed by atoms with van der Waals surface area (Å²) in [6.07, 6.45) is 7.75. The fourth-order valence-corrected chi connectivity index (χ4v) is 4.77. The minimum Gasteiger partial charge on any atom is -0.664 e. The van der Waals surface area contributed by atoms with Crippen molar-refractivity contribution in [2.24, 2.45) is 0 Å². The van der Waals surface area contributed by atoms with E-state index in [1.54, 1.807) is 0 Å². The normalized spacial score (nSPS) is 15.8. The summed E-state index contributed by atoms with van der Waals surface area (Å²) in [6.45, 7) is 17.0.